The molecule has 0 aliphatic rings. The van der Waals surface area contributed by atoms with Gasteiger partial charge in [-0.1, -0.05) is 0 Å². The number of nitrogens with two attached hydrogens (primary N) is 1. The van der Waals surface area contributed by atoms with Gasteiger partial charge in [-0.15, -0.1) is 0 Å². The number of nitrogens with one attached hydrogen (secondary N) is 1. The molecule has 4 heteroatoms. The van der Waals surface area contributed by atoms with Gasteiger partial charge in [0.2, 0.25) is 0 Å². The van der Waals surface area contributed by atoms with Gasteiger partial charge in [0.15, 0.2) is 0 Å². The zero-order chi connectivity index (χ0) is 10.8. The number of hydrogen-bond donors (Lipinski definition) is 3. The van der Waals surface area contributed by atoms with Gasteiger partial charge in [0.1, 0.15) is 5.75 Å². The first-order chi connectivity index (χ1) is 7.26. The van der Waals surface area contributed by atoms with Gasteiger partial charge in [-0.2, -0.15) is 0 Å². The molecule has 0 amide bonds. The quantitative estimate of drug-likeness (QED) is 0.706. The van der Waals surface area contributed by atoms with Gasteiger partial charge in [0.05, 0.1) is 13.2 Å². The van der Waals surface area contributed by atoms with E-state index < -0.39 is 6.10 Å². The average molecular weight is 206 g/mol. The standard InChI is InChI=1S/C11H14N2O2/c1-15-11-4-7-2-3-13-9(7)5-8(11)10(14)6-12/h2-5,10,13-14H,6,12H2,1H3. The van der Waals surface area contributed by atoms with Crippen molar-refractivity contribution in [1.29, 1.82) is 0 Å². The molecule has 4 nitrogen and oxygen atoms in total. The molecule has 4 N–H and O–H groups in total. The van der Waals surface area contributed by atoms with Crippen molar-refractivity contribution < 1.29 is 9.84 Å². The highest BCUT2D eigenvalue weighted by molar-refractivity contribution is 5.82. The second-order valence-electron chi connectivity index (χ2n) is 3.41. The lowest BCUT2D eigenvalue weighted by Crippen LogP contribution is -2.12. The van der Waals surface area contributed by atoms with Gasteiger partial charge in [0, 0.05) is 29.2 Å². The van der Waals surface area contributed by atoms with E-state index in [4.69, 9.17) is 10.5 Å². The molecule has 0 bridgehead atoms. The topological polar surface area (TPSA) is 71.3 Å². The number of fused-ring (bicyclic) bond motifs is 1. The van der Waals surface area contributed by atoms with Crippen LogP contribution in [0.1, 0.15) is 11.7 Å². The highest BCUT2D eigenvalue weighted by atomic mass is 16.5. The Bertz CT molecular complexity index is 465. The Morgan fingerprint density at radius 2 is 2.33 bits per heavy atom. The molecule has 1 aromatic carbocycles. The Kier molecular flexibility index (Phi) is 2.62. The number of aromatic nitrogens is 1. The van der Waals surface area contributed by atoms with E-state index in [2.05, 4.69) is 4.98 Å². The van der Waals surface area contributed by atoms with Crippen LogP contribution < -0.4 is 10.5 Å². The maximum Gasteiger partial charge on any atom is 0.125 e. The predicted octanol–water partition coefficient (Wildman–Crippen LogP) is 1.17. The summed E-state index contributed by atoms with van der Waals surface area (Å²) in [6, 6.07) is 5.71. The van der Waals surface area contributed by atoms with Crippen molar-refractivity contribution in [3.8, 4) is 5.75 Å². The lowest BCUT2D eigenvalue weighted by molar-refractivity contribution is 0.182. The Morgan fingerprint density at radius 1 is 1.53 bits per heavy atom. The smallest absolute Gasteiger partial charge is 0.125 e. The van der Waals surface area contributed by atoms with Crippen molar-refractivity contribution in [3.05, 3.63) is 30.0 Å². The molecule has 2 rings (SSSR count). The SMILES string of the molecule is COc1cc2cc[nH]c2cc1C(O)CN. The number of hydrogen-bond acceptors (Lipinski definition) is 3. The number of ether oxygens (including phenoxy) is 1. The molecular formula is C11H14N2O2. The first-order valence-corrected chi connectivity index (χ1v) is 4.79. The van der Waals surface area contributed by atoms with Crippen LogP contribution in [0, 0.1) is 0 Å². The fourth-order valence-electron chi connectivity index (χ4n) is 1.66. The number of methoxy groups -OCH3 is 1. The van der Waals surface area contributed by atoms with Crippen molar-refractivity contribution in [2.45, 2.75) is 6.10 Å². The average Bonchev–Trinajstić information content (AvgIpc) is 2.73. The summed E-state index contributed by atoms with van der Waals surface area (Å²) in [6.07, 6.45) is 1.16. The van der Waals surface area contributed by atoms with Crippen LogP contribution in [0.15, 0.2) is 24.4 Å². The maximum absolute atomic E-state index is 9.72. The monoisotopic (exact) mass is 206 g/mol. The Labute approximate surface area is 87.7 Å². The molecule has 1 heterocycles. The van der Waals surface area contributed by atoms with Gasteiger partial charge in [-0.05, 0) is 18.2 Å². The predicted molar refractivity (Wildman–Crippen MR) is 58.9 cm³/mol. The van der Waals surface area contributed by atoms with E-state index in [0.29, 0.717) is 5.75 Å². The molecule has 0 aliphatic carbocycles. The van der Waals surface area contributed by atoms with Crippen molar-refractivity contribution in [2.24, 2.45) is 5.73 Å². The summed E-state index contributed by atoms with van der Waals surface area (Å²) < 4.78 is 5.22. The summed E-state index contributed by atoms with van der Waals surface area (Å²) >= 11 is 0. The largest absolute Gasteiger partial charge is 0.496 e. The lowest BCUT2D eigenvalue weighted by Gasteiger charge is -2.13. The second kappa shape index (κ2) is 3.92. The summed E-state index contributed by atoms with van der Waals surface area (Å²) in [6.45, 7) is 0.183. The molecule has 0 spiro atoms. The molecule has 0 fully saturated rings. The van der Waals surface area contributed by atoms with E-state index in [0.717, 1.165) is 16.5 Å². The number of rotatable bonds is 3. The number of benzene rings is 1. The molecule has 2 aromatic rings. The molecule has 0 aliphatic heterocycles. The Hall–Kier alpha value is -1.52. The molecule has 1 aromatic heterocycles. The van der Waals surface area contributed by atoms with Crippen molar-refractivity contribution in [1.82, 2.24) is 4.98 Å². The van der Waals surface area contributed by atoms with Crippen LogP contribution in [0.5, 0.6) is 5.75 Å². The summed E-state index contributed by atoms with van der Waals surface area (Å²) in [5.74, 6) is 0.667. The lowest BCUT2D eigenvalue weighted by atomic mass is 10.1. The molecule has 1 unspecified atom stereocenters. The van der Waals surface area contributed by atoms with Crippen molar-refractivity contribution in [3.63, 3.8) is 0 Å². The van der Waals surface area contributed by atoms with Crippen LogP contribution in [0.2, 0.25) is 0 Å². The van der Waals surface area contributed by atoms with Crippen molar-refractivity contribution in [2.75, 3.05) is 13.7 Å². The summed E-state index contributed by atoms with van der Waals surface area (Å²) in [4.78, 5) is 3.08. The molecular weight excluding hydrogens is 192 g/mol. The maximum atomic E-state index is 9.72. The molecule has 0 saturated carbocycles. The molecule has 80 valence electrons. The Balaban J connectivity index is 2.59. The van der Waals surface area contributed by atoms with Crippen LogP contribution in [0.25, 0.3) is 10.9 Å². The molecule has 15 heavy (non-hydrogen) atoms. The third-order valence-corrected chi connectivity index (χ3v) is 2.49. The molecule has 1 atom stereocenters. The van der Waals surface area contributed by atoms with E-state index in [1.165, 1.54) is 0 Å². The summed E-state index contributed by atoms with van der Waals surface area (Å²) in [5, 5.41) is 10.8. The zero-order valence-electron chi connectivity index (χ0n) is 8.53. The van der Waals surface area contributed by atoms with Crippen LogP contribution in [-0.2, 0) is 0 Å². The first-order valence-electron chi connectivity index (χ1n) is 4.79. The highest BCUT2D eigenvalue weighted by Gasteiger charge is 2.13. The highest BCUT2D eigenvalue weighted by Crippen LogP contribution is 2.29. The summed E-state index contributed by atoms with van der Waals surface area (Å²) in [5.41, 5.74) is 7.12. The minimum Gasteiger partial charge on any atom is -0.496 e. The second-order valence-corrected chi connectivity index (χ2v) is 3.41. The van der Waals surface area contributed by atoms with E-state index in [9.17, 15) is 5.11 Å². The van der Waals surface area contributed by atoms with Crippen LogP contribution in [0.4, 0.5) is 0 Å². The number of H-pyrrole nitrogens is 1. The van der Waals surface area contributed by atoms with E-state index in [1.54, 1.807) is 7.11 Å². The number of aromatic amines is 1. The third-order valence-electron chi connectivity index (χ3n) is 2.49. The number of aliphatic hydroxyl groups is 1. The van der Waals surface area contributed by atoms with Gasteiger partial charge in [-0.25, -0.2) is 0 Å². The van der Waals surface area contributed by atoms with Crippen LogP contribution in [-0.4, -0.2) is 23.7 Å². The fourth-order valence-corrected chi connectivity index (χ4v) is 1.66. The van der Waals surface area contributed by atoms with Crippen molar-refractivity contribution >= 4 is 10.9 Å². The minimum atomic E-state index is -0.687. The Morgan fingerprint density at radius 3 is 3.00 bits per heavy atom. The zero-order valence-corrected chi connectivity index (χ0v) is 8.53. The van der Waals surface area contributed by atoms with Gasteiger partial charge < -0.3 is 20.6 Å². The molecule has 0 radical (unpaired) electrons. The molecule has 0 saturated heterocycles. The van der Waals surface area contributed by atoms with E-state index in [1.807, 2.05) is 24.4 Å². The fraction of sp³-hybridized carbons (Fsp3) is 0.273. The van der Waals surface area contributed by atoms with Gasteiger partial charge >= 0.3 is 0 Å². The van der Waals surface area contributed by atoms with E-state index >= 15 is 0 Å². The van der Waals surface area contributed by atoms with E-state index in [-0.39, 0.29) is 6.54 Å². The first kappa shape index (κ1) is 10.0. The van der Waals surface area contributed by atoms with Crippen LogP contribution in [0.3, 0.4) is 0 Å². The number of aliphatic hydroxyl groups excluding tert-OH is 1. The van der Waals surface area contributed by atoms with Gasteiger partial charge in [-0.3, -0.25) is 0 Å². The normalized spacial score (nSPS) is 13.0. The minimum absolute atomic E-state index is 0.183. The summed E-state index contributed by atoms with van der Waals surface area (Å²) in [7, 11) is 1.58. The van der Waals surface area contributed by atoms with Crippen LogP contribution >= 0.6 is 0 Å². The third kappa shape index (κ3) is 1.69. The van der Waals surface area contributed by atoms with Gasteiger partial charge in [0.25, 0.3) is 0 Å².